The topological polar surface area (TPSA) is 72.0 Å². The Morgan fingerprint density at radius 2 is 1.96 bits per heavy atom. The highest BCUT2D eigenvalue weighted by Crippen LogP contribution is 2.23. The van der Waals surface area contributed by atoms with Gasteiger partial charge in [-0.1, -0.05) is 19.3 Å². The predicted octanol–water partition coefficient (Wildman–Crippen LogP) is 2.62. The molecule has 140 valence electrons. The molecule has 0 aromatic heterocycles. The molecule has 1 fully saturated rings. The Labute approximate surface area is 146 Å². The minimum atomic E-state index is -0.0750. The van der Waals surface area contributed by atoms with Gasteiger partial charge in [-0.3, -0.25) is 9.79 Å². The fraction of sp³-hybridized carbons (Fsp3) is 0.889. The van der Waals surface area contributed by atoms with Crippen molar-refractivity contribution >= 4 is 11.9 Å². The highest BCUT2D eigenvalue weighted by Gasteiger charge is 2.29. The Morgan fingerprint density at radius 3 is 2.62 bits per heavy atom. The minimum absolute atomic E-state index is 0.0590. The molecular weight excluding hydrogens is 306 g/mol. The van der Waals surface area contributed by atoms with E-state index in [1.807, 2.05) is 6.92 Å². The molecule has 0 radical (unpaired) electrons. The average molecular weight is 341 g/mol. The van der Waals surface area contributed by atoms with Gasteiger partial charge in [-0.25, -0.2) is 0 Å². The largest absolute Gasteiger partial charge is 0.466 e. The van der Waals surface area contributed by atoms with Crippen molar-refractivity contribution < 1.29 is 14.3 Å². The summed E-state index contributed by atoms with van der Waals surface area (Å²) >= 11 is 0. The summed E-state index contributed by atoms with van der Waals surface area (Å²) in [5.74, 6) is 0.767. The first-order valence-electron chi connectivity index (χ1n) is 9.34. The SMILES string of the molecule is CCOC(=O)CCCCCCCNC(=NC)NCC1(C)CCCO1. The third kappa shape index (κ3) is 9.11. The molecule has 1 unspecified atom stereocenters. The van der Waals surface area contributed by atoms with Crippen LogP contribution in [0.2, 0.25) is 0 Å². The van der Waals surface area contributed by atoms with Crippen molar-refractivity contribution in [2.24, 2.45) is 4.99 Å². The van der Waals surface area contributed by atoms with Crippen LogP contribution in [0.4, 0.5) is 0 Å². The van der Waals surface area contributed by atoms with Gasteiger partial charge in [0.2, 0.25) is 0 Å². The van der Waals surface area contributed by atoms with Gasteiger partial charge < -0.3 is 20.1 Å². The van der Waals surface area contributed by atoms with Crippen molar-refractivity contribution in [1.82, 2.24) is 10.6 Å². The smallest absolute Gasteiger partial charge is 0.305 e. The molecule has 0 aromatic carbocycles. The van der Waals surface area contributed by atoms with E-state index in [0.29, 0.717) is 13.0 Å². The lowest BCUT2D eigenvalue weighted by Gasteiger charge is -2.24. The average Bonchev–Trinajstić information content (AvgIpc) is 3.00. The van der Waals surface area contributed by atoms with Crippen molar-refractivity contribution in [2.75, 3.05) is 33.4 Å². The van der Waals surface area contributed by atoms with E-state index in [-0.39, 0.29) is 11.6 Å². The Hall–Kier alpha value is -1.30. The van der Waals surface area contributed by atoms with Crippen LogP contribution in [-0.2, 0) is 14.3 Å². The van der Waals surface area contributed by atoms with Crippen LogP contribution < -0.4 is 10.6 Å². The summed E-state index contributed by atoms with van der Waals surface area (Å²) in [4.78, 5) is 15.5. The fourth-order valence-electron chi connectivity index (χ4n) is 2.83. The predicted molar refractivity (Wildman–Crippen MR) is 97.3 cm³/mol. The van der Waals surface area contributed by atoms with Crippen LogP contribution in [0.5, 0.6) is 0 Å². The molecule has 1 aliphatic rings. The van der Waals surface area contributed by atoms with Crippen molar-refractivity contribution in [3.8, 4) is 0 Å². The van der Waals surface area contributed by atoms with E-state index in [4.69, 9.17) is 9.47 Å². The number of hydrogen-bond acceptors (Lipinski definition) is 4. The van der Waals surface area contributed by atoms with Gasteiger partial charge in [0.15, 0.2) is 5.96 Å². The first-order chi connectivity index (χ1) is 11.6. The summed E-state index contributed by atoms with van der Waals surface area (Å²) < 4.78 is 10.7. The zero-order chi connectivity index (χ0) is 17.7. The summed E-state index contributed by atoms with van der Waals surface area (Å²) in [5.41, 5.74) is -0.0590. The van der Waals surface area contributed by atoms with Gasteiger partial charge in [-0.15, -0.1) is 0 Å². The highest BCUT2D eigenvalue weighted by molar-refractivity contribution is 5.79. The van der Waals surface area contributed by atoms with E-state index in [2.05, 4.69) is 22.5 Å². The second-order valence-corrected chi connectivity index (χ2v) is 6.58. The van der Waals surface area contributed by atoms with Crippen LogP contribution in [0.1, 0.15) is 65.2 Å². The molecule has 1 heterocycles. The molecule has 0 bridgehead atoms. The molecule has 0 saturated carbocycles. The second kappa shape index (κ2) is 12.1. The van der Waals surface area contributed by atoms with Crippen LogP contribution in [0.25, 0.3) is 0 Å². The summed E-state index contributed by atoms with van der Waals surface area (Å²) in [6, 6.07) is 0. The third-order valence-corrected chi connectivity index (χ3v) is 4.31. The van der Waals surface area contributed by atoms with Crippen molar-refractivity contribution in [3.05, 3.63) is 0 Å². The lowest BCUT2D eigenvalue weighted by atomic mass is 10.0. The molecule has 0 aromatic rings. The Balaban J connectivity index is 1.98. The normalized spacial score (nSPS) is 20.9. The molecule has 24 heavy (non-hydrogen) atoms. The fourth-order valence-corrected chi connectivity index (χ4v) is 2.83. The molecule has 1 rings (SSSR count). The number of guanidine groups is 1. The Kier molecular flexibility index (Phi) is 10.5. The Morgan fingerprint density at radius 1 is 1.21 bits per heavy atom. The van der Waals surface area contributed by atoms with Crippen LogP contribution in [0.3, 0.4) is 0 Å². The quantitative estimate of drug-likeness (QED) is 0.262. The number of carbonyl (C=O) groups is 1. The highest BCUT2D eigenvalue weighted by atomic mass is 16.5. The van der Waals surface area contributed by atoms with Crippen LogP contribution in [0.15, 0.2) is 4.99 Å². The van der Waals surface area contributed by atoms with Gasteiger partial charge in [-0.05, 0) is 39.5 Å². The van der Waals surface area contributed by atoms with Gasteiger partial charge in [0.05, 0.1) is 12.2 Å². The standard InChI is InChI=1S/C18H35N3O3/c1-4-23-16(22)11-8-6-5-7-9-13-20-17(19-3)21-15-18(2)12-10-14-24-18/h4-15H2,1-3H3,(H2,19,20,21). The third-order valence-electron chi connectivity index (χ3n) is 4.31. The minimum Gasteiger partial charge on any atom is -0.466 e. The van der Waals surface area contributed by atoms with Crippen molar-refractivity contribution in [2.45, 2.75) is 70.8 Å². The van der Waals surface area contributed by atoms with E-state index in [9.17, 15) is 4.79 Å². The zero-order valence-corrected chi connectivity index (χ0v) is 15.7. The maximum absolute atomic E-state index is 11.2. The molecule has 1 aliphatic heterocycles. The lowest BCUT2D eigenvalue weighted by Crippen LogP contribution is -2.45. The first-order valence-corrected chi connectivity index (χ1v) is 9.34. The van der Waals surface area contributed by atoms with Crippen LogP contribution >= 0.6 is 0 Å². The van der Waals surface area contributed by atoms with Gasteiger partial charge in [0, 0.05) is 33.2 Å². The second-order valence-electron chi connectivity index (χ2n) is 6.58. The molecule has 1 saturated heterocycles. The molecule has 6 nitrogen and oxygen atoms in total. The van der Waals surface area contributed by atoms with Gasteiger partial charge in [0.25, 0.3) is 0 Å². The van der Waals surface area contributed by atoms with Gasteiger partial charge in [-0.2, -0.15) is 0 Å². The lowest BCUT2D eigenvalue weighted by molar-refractivity contribution is -0.143. The van der Waals surface area contributed by atoms with Crippen LogP contribution in [-0.4, -0.2) is 50.9 Å². The van der Waals surface area contributed by atoms with Crippen molar-refractivity contribution in [3.63, 3.8) is 0 Å². The number of aliphatic imine (C=N–C) groups is 1. The summed E-state index contributed by atoms with van der Waals surface area (Å²) in [7, 11) is 1.79. The number of unbranched alkanes of at least 4 members (excludes halogenated alkanes) is 4. The first kappa shape index (κ1) is 20.7. The molecule has 1 atom stereocenters. The van der Waals surface area contributed by atoms with E-state index < -0.39 is 0 Å². The number of nitrogens with zero attached hydrogens (tertiary/aromatic N) is 1. The van der Waals surface area contributed by atoms with Gasteiger partial charge >= 0.3 is 5.97 Å². The zero-order valence-electron chi connectivity index (χ0n) is 15.7. The number of nitrogens with one attached hydrogen (secondary N) is 2. The summed E-state index contributed by atoms with van der Waals surface area (Å²) in [5, 5.41) is 6.70. The molecule has 6 heteroatoms. The number of rotatable bonds is 11. The summed E-state index contributed by atoms with van der Waals surface area (Å²) in [6.07, 6.45) is 8.21. The number of carbonyl (C=O) groups excluding carboxylic acids is 1. The number of ether oxygens (including phenoxy) is 2. The maximum Gasteiger partial charge on any atom is 0.305 e. The van der Waals surface area contributed by atoms with Crippen LogP contribution in [0, 0.1) is 0 Å². The molecular formula is C18H35N3O3. The monoisotopic (exact) mass is 341 g/mol. The molecule has 0 amide bonds. The number of hydrogen-bond donors (Lipinski definition) is 2. The van der Waals surface area contributed by atoms with E-state index in [0.717, 1.165) is 70.6 Å². The Bertz CT molecular complexity index is 380. The number of esters is 1. The van der Waals surface area contributed by atoms with Crippen molar-refractivity contribution in [1.29, 1.82) is 0 Å². The molecule has 0 spiro atoms. The van der Waals surface area contributed by atoms with E-state index in [1.165, 1.54) is 0 Å². The maximum atomic E-state index is 11.2. The molecule has 2 N–H and O–H groups in total. The van der Waals surface area contributed by atoms with E-state index >= 15 is 0 Å². The van der Waals surface area contributed by atoms with E-state index in [1.54, 1.807) is 7.05 Å². The molecule has 0 aliphatic carbocycles. The van der Waals surface area contributed by atoms with Gasteiger partial charge in [0.1, 0.15) is 0 Å². The summed E-state index contributed by atoms with van der Waals surface area (Å²) in [6.45, 7) is 7.03.